The molecule has 0 fully saturated rings. The van der Waals surface area contributed by atoms with E-state index in [1.165, 1.54) is 0 Å². The minimum atomic E-state index is -0.681. The Kier molecular flexibility index (Phi) is 2.58. The maximum atomic E-state index is 7.08. The molecule has 0 aromatic rings. The molecule has 0 aromatic heterocycles. The first-order valence-corrected chi connectivity index (χ1v) is 3.65. The maximum absolute atomic E-state index is 7.08. The van der Waals surface area contributed by atoms with E-state index in [9.17, 15) is 0 Å². The van der Waals surface area contributed by atoms with Crippen molar-refractivity contribution in [1.82, 2.24) is 0 Å². The number of rotatable bonds is 1. The van der Waals surface area contributed by atoms with Gasteiger partial charge in [0.25, 0.3) is 6.96 Å². The van der Waals surface area contributed by atoms with Crippen LogP contribution in [0.1, 0.15) is 0 Å². The normalized spacial score (nSPS) is 12.7. The summed E-state index contributed by atoms with van der Waals surface area (Å²) in [6.45, 7) is 1.35. The molecule has 0 N–H and O–H groups in total. The largest absolute Gasteiger partial charge is 0.255 e. The Morgan fingerprint density at radius 1 is 1.86 bits per heavy atom. The molecule has 0 nitrogen and oxygen atoms in total. The van der Waals surface area contributed by atoms with Crippen molar-refractivity contribution in [2.75, 3.05) is 6.66 Å². The summed E-state index contributed by atoms with van der Waals surface area (Å²) in [6.07, 6.45) is 9.94. The number of hydrogen-bond donors (Lipinski definition) is 0. The van der Waals surface area contributed by atoms with Gasteiger partial charge in [-0.15, -0.1) is 12.8 Å². The lowest BCUT2D eigenvalue weighted by atomic mass is 10.2. The Hall–Kier alpha value is -0.385. The quantitative estimate of drug-likeness (QED) is 0.263. The molecule has 0 saturated carbocycles. The monoisotopic (exact) mass is 109 g/mol. The highest BCUT2D eigenvalue weighted by Crippen LogP contribution is 2.23. The Morgan fingerprint density at radius 3 is 2.57 bits per heavy atom. The summed E-state index contributed by atoms with van der Waals surface area (Å²) < 4.78 is 7.08. The zero-order chi connectivity index (χ0) is 6.57. The van der Waals surface area contributed by atoms with Gasteiger partial charge >= 0.3 is 0 Å². The van der Waals surface area contributed by atoms with Crippen LogP contribution < -0.4 is 0 Å². The fourth-order valence-corrected chi connectivity index (χ4v) is 0.447. The lowest BCUT2D eigenvalue weighted by Crippen LogP contribution is -1.76. The lowest BCUT2D eigenvalue weighted by Gasteiger charge is -1.89. The molecule has 0 rings (SSSR count). The van der Waals surface area contributed by atoms with E-state index in [1.807, 2.05) is 6.66 Å². The molecule has 0 spiro atoms. The zero-order valence-electron chi connectivity index (χ0n) is 5.18. The highest BCUT2D eigenvalue weighted by Gasteiger charge is 1.90. The van der Waals surface area contributed by atoms with Crippen molar-refractivity contribution in [3.8, 4) is 24.3 Å². The molecular weight excluding hydrogens is 102 g/mol. The third kappa shape index (κ3) is 3.45. The molecule has 0 aliphatic rings. The van der Waals surface area contributed by atoms with Crippen LogP contribution in [0.3, 0.4) is 0 Å². The van der Waals surface area contributed by atoms with Crippen LogP contribution in [-0.2, 0) is 0 Å². The first-order chi connectivity index (χ1) is 3.72. The van der Waals surface area contributed by atoms with Crippen molar-refractivity contribution in [1.29, 1.82) is 1.34 Å². The highest BCUT2D eigenvalue weighted by atomic mass is 31.1. The van der Waals surface area contributed by atoms with Crippen LogP contribution in [0, 0.1) is 24.3 Å². The van der Waals surface area contributed by atoms with E-state index in [0.717, 1.165) is 0 Å². The van der Waals surface area contributed by atoms with E-state index in [-0.39, 0.29) is 0 Å². The molecule has 34 valence electrons. The van der Waals surface area contributed by atoms with Crippen molar-refractivity contribution in [2.45, 2.75) is 0 Å². The smallest absolute Gasteiger partial charge is 0.156 e. The fourth-order valence-electron chi connectivity index (χ4n) is 0.149. The molecule has 0 radical (unpaired) electrons. The van der Waals surface area contributed by atoms with E-state index in [1.54, 1.807) is 0 Å². The third-order valence-corrected chi connectivity index (χ3v) is 1.42. The van der Waals surface area contributed by atoms with Gasteiger partial charge in [-0.05, 0) is 6.66 Å². The first kappa shape index (κ1) is 4.77. The maximum Gasteiger partial charge on any atom is 0.255 e. The van der Waals surface area contributed by atoms with Gasteiger partial charge < -0.3 is 0 Å². The van der Waals surface area contributed by atoms with Crippen molar-refractivity contribution in [3.63, 3.8) is 0 Å². The molecule has 0 heterocycles. The summed E-state index contributed by atoms with van der Waals surface area (Å²) in [5.74, 6) is 2.27. The third-order valence-electron chi connectivity index (χ3n) is 0.472. The molecule has 1 atom stereocenters. The molecule has 0 saturated heterocycles. The first-order valence-electron chi connectivity index (χ1n) is 2.37. The molecule has 0 aromatic carbocycles. The van der Waals surface area contributed by atoms with Crippen LogP contribution in [0.25, 0.3) is 0 Å². The molecule has 0 aliphatic carbocycles. The van der Waals surface area contributed by atoms with Crippen molar-refractivity contribution < 1.29 is 0 Å². The average Bonchev–Trinajstić information content (AvgIpc) is 1.84. The van der Waals surface area contributed by atoms with E-state index in [2.05, 4.69) is 11.5 Å². The average molecular weight is 109 g/mol. The Balaban J connectivity index is 3.72. The second kappa shape index (κ2) is 3.79. The molecule has 1 unspecified atom stereocenters. The SMILES string of the molecule is [2H]B(C#C)P(C)C#C. The van der Waals surface area contributed by atoms with Crippen LogP contribution in [0.15, 0.2) is 0 Å². The van der Waals surface area contributed by atoms with Crippen LogP contribution in [-0.4, -0.2) is 15.0 Å². The molecule has 2 heteroatoms. The van der Waals surface area contributed by atoms with Gasteiger partial charge in [-0.3, -0.25) is 0 Å². The Bertz CT molecular complexity index is 125. The topological polar surface area (TPSA) is 0 Å². The van der Waals surface area contributed by atoms with E-state index < -0.39 is 14.8 Å². The molecule has 7 heavy (non-hydrogen) atoms. The zero-order valence-corrected chi connectivity index (χ0v) is 5.07. The van der Waals surface area contributed by atoms with Crippen molar-refractivity contribution in [3.05, 3.63) is 0 Å². The summed E-state index contributed by atoms with van der Waals surface area (Å²) in [6, 6.07) is 0. The second-order valence-electron chi connectivity index (χ2n) is 1.04. The Labute approximate surface area is 48.0 Å². The van der Waals surface area contributed by atoms with Gasteiger partial charge in [0.2, 0.25) is 0 Å². The van der Waals surface area contributed by atoms with Crippen LogP contribution in [0.5, 0.6) is 0 Å². The van der Waals surface area contributed by atoms with Crippen LogP contribution in [0.2, 0.25) is 0 Å². The summed E-state index contributed by atoms with van der Waals surface area (Å²) in [5, 5.41) is 0. The van der Waals surface area contributed by atoms with Gasteiger partial charge in [0.1, 0.15) is 0 Å². The summed E-state index contributed by atoms with van der Waals surface area (Å²) in [7, 11) is -0.681. The van der Waals surface area contributed by atoms with Gasteiger partial charge in [-0.25, -0.2) is 0 Å². The number of terminal acetylenes is 2. The minimum absolute atomic E-state index is 0.477. The predicted molar refractivity (Wildman–Crippen MR) is 37.7 cm³/mol. The van der Waals surface area contributed by atoms with E-state index in [0.29, 0.717) is 0 Å². The minimum Gasteiger partial charge on any atom is -0.156 e. The van der Waals surface area contributed by atoms with Crippen molar-refractivity contribution in [2.24, 2.45) is 0 Å². The molecular formula is C5H6BP. The molecule has 0 aliphatic heterocycles. The van der Waals surface area contributed by atoms with Crippen LogP contribution in [0.4, 0.5) is 0 Å². The van der Waals surface area contributed by atoms with E-state index >= 15 is 0 Å². The lowest BCUT2D eigenvalue weighted by molar-refractivity contribution is 2.45. The van der Waals surface area contributed by atoms with E-state index in [4.69, 9.17) is 14.2 Å². The Morgan fingerprint density at radius 2 is 2.43 bits per heavy atom. The van der Waals surface area contributed by atoms with Crippen LogP contribution >= 0.6 is 7.80 Å². The summed E-state index contributed by atoms with van der Waals surface area (Å²) >= 11 is 0. The number of hydrogen-bond acceptors (Lipinski definition) is 0. The van der Waals surface area contributed by atoms with Gasteiger partial charge in [-0.2, -0.15) is 5.82 Å². The van der Waals surface area contributed by atoms with Gasteiger partial charge in [0.05, 0.1) is 0 Å². The van der Waals surface area contributed by atoms with Gasteiger partial charge in [-0.1, -0.05) is 13.5 Å². The summed E-state index contributed by atoms with van der Waals surface area (Å²) in [4.78, 5) is 0. The highest BCUT2D eigenvalue weighted by molar-refractivity contribution is 7.90. The molecule has 0 amide bonds. The predicted octanol–water partition coefficient (Wildman–Crippen LogP) is 0.631. The second-order valence-corrected chi connectivity index (χ2v) is 2.77. The standard InChI is InChI=1S/C5H6BP/c1-4-6-7(3)5-2/h1-2,6H,3H3/i6D. The summed E-state index contributed by atoms with van der Waals surface area (Å²) in [5.41, 5.74) is 2.45. The van der Waals surface area contributed by atoms with Gasteiger partial charge in [0.15, 0.2) is 0 Å². The fraction of sp³-hybridized carbons (Fsp3) is 0.200. The van der Waals surface area contributed by atoms with Gasteiger partial charge in [0, 0.05) is 1.34 Å². The van der Waals surface area contributed by atoms with Crippen molar-refractivity contribution >= 4 is 14.8 Å². The molecule has 0 bridgehead atoms.